The summed E-state index contributed by atoms with van der Waals surface area (Å²) in [5.41, 5.74) is -1.27. The zero-order valence-corrected chi connectivity index (χ0v) is 16.1. The van der Waals surface area contributed by atoms with Crippen LogP contribution in [0.4, 0.5) is 24.5 Å². The van der Waals surface area contributed by atoms with E-state index < -0.39 is 22.4 Å². The fourth-order valence-electron chi connectivity index (χ4n) is 3.55. The van der Waals surface area contributed by atoms with Gasteiger partial charge in [0, 0.05) is 32.2 Å². The minimum absolute atomic E-state index is 0.139. The molecule has 1 aromatic heterocycles. The van der Waals surface area contributed by atoms with E-state index in [9.17, 15) is 28.1 Å². The fourth-order valence-corrected chi connectivity index (χ4v) is 3.55. The Morgan fingerprint density at radius 3 is 2.45 bits per heavy atom. The summed E-state index contributed by atoms with van der Waals surface area (Å²) < 4.78 is 40.0. The van der Waals surface area contributed by atoms with Crippen LogP contribution in [0.25, 0.3) is 10.9 Å². The SMILES string of the molecule is O=c1c2ccccc2nnn1CN1CCN(c2ccc(C(F)(F)F)cc2[N+](=O)[O-])CC1. The van der Waals surface area contributed by atoms with Gasteiger partial charge in [-0.1, -0.05) is 17.3 Å². The van der Waals surface area contributed by atoms with E-state index in [2.05, 4.69) is 10.3 Å². The highest BCUT2D eigenvalue weighted by Gasteiger charge is 2.34. The van der Waals surface area contributed by atoms with Crippen LogP contribution < -0.4 is 10.5 Å². The van der Waals surface area contributed by atoms with Gasteiger partial charge < -0.3 is 4.90 Å². The first-order valence-corrected chi connectivity index (χ1v) is 9.39. The number of nitrogens with zero attached hydrogens (tertiary/aromatic N) is 6. The molecule has 0 atom stereocenters. The smallest absolute Gasteiger partial charge is 0.363 e. The van der Waals surface area contributed by atoms with E-state index in [-0.39, 0.29) is 17.9 Å². The molecule has 12 heteroatoms. The van der Waals surface area contributed by atoms with Crippen LogP contribution in [0.3, 0.4) is 0 Å². The lowest BCUT2D eigenvalue weighted by Crippen LogP contribution is -2.48. The summed E-state index contributed by atoms with van der Waals surface area (Å²) in [6.07, 6.45) is -4.66. The third kappa shape index (κ3) is 4.19. The Kier molecular flexibility index (Phi) is 5.31. The maximum atomic E-state index is 12.9. The monoisotopic (exact) mass is 434 g/mol. The molecule has 9 nitrogen and oxygen atoms in total. The third-order valence-corrected chi connectivity index (χ3v) is 5.18. The number of hydrogen-bond acceptors (Lipinski definition) is 7. The summed E-state index contributed by atoms with van der Waals surface area (Å²) in [7, 11) is 0. The van der Waals surface area contributed by atoms with Crippen molar-refractivity contribution in [3.8, 4) is 0 Å². The van der Waals surface area contributed by atoms with Crippen molar-refractivity contribution < 1.29 is 18.1 Å². The molecule has 162 valence electrons. The van der Waals surface area contributed by atoms with E-state index in [4.69, 9.17) is 0 Å². The first-order chi connectivity index (χ1) is 14.7. The molecule has 3 aromatic rings. The van der Waals surface area contributed by atoms with E-state index in [0.29, 0.717) is 43.1 Å². The van der Waals surface area contributed by atoms with Crippen LogP contribution >= 0.6 is 0 Å². The van der Waals surface area contributed by atoms with Gasteiger partial charge in [0.05, 0.1) is 22.5 Å². The Bertz CT molecular complexity index is 1190. The average molecular weight is 434 g/mol. The van der Waals surface area contributed by atoms with Crippen molar-refractivity contribution in [2.24, 2.45) is 0 Å². The number of anilines is 1. The Labute approximate surface area is 173 Å². The summed E-state index contributed by atoms with van der Waals surface area (Å²) >= 11 is 0. The molecular formula is C19H17F3N6O3. The van der Waals surface area contributed by atoms with Gasteiger partial charge in [0.15, 0.2) is 0 Å². The number of hydrogen-bond donors (Lipinski definition) is 0. The Balaban J connectivity index is 1.49. The van der Waals surface area contributed by atoms with E-state index in [0.717, 1.165) is 12.1 Å². The molecule has 1 fully saturated rings. The van der Waals surface area contributed by atoms with Crippen LogP contribution in [0.5, 0.6) is 0 Å². The molecule has 0 saturated carbocycles. The van der Waals surface area contributed by atoms with Crippen molar-refractivity contribution in [3.05, 3.63) is 68.5 Å². The van der Waals surface area contributed by atoms with Crippen molar-refractivity contribution in [2.75, 3.05) is 31.1 Å². The zero-order chi connectivity index (χ0) is 22.2. The first-order valence-electron chi connectivity index (χ1n) is 9.39. The molecule has 31 heavy (non-hydrogen) atoms. The molecule has 0 bridgehead atoms. The molecule has 1 aliphatic heterocycles. The lowest BCUT2D eigenvalue weighted by atomic mass is 10.1. The van der Waals surface area contributed by atoms with Gasteiger partial charge in [-0.2, -0.15) is 17.9 Å². The summed E-state index contributed by atoms with van der Waals surface area (Å²) in [5, 5.41) is 19.8. The largest absolute Gasteiger partial charge is 0.416 e. The average Bonchev–Trinajstić information content (AvgIpc) is 2.75. The highest BCUT2D eigenvalue weighted by Crippen LogP contribution is 2.36. The van der Waals surface area contributed by atoms with Crippen LogP contribution in [0, 0.1) is 10.1 Å². The van der Waals surface area contributed by atoms with E-state index >= 15 is 0 Å². The van der Waals surface area contributed by atoms with Crippen LogP contribution in [0.15, 0.2) is 47.3 Å². The quantitative estimate of drug-likeness (QED) is 0.460. The first kappa shape index (κ1) is 20.7. The van der Waals surface area contributed by atoms with Gasteiger partial charge in [-0.3, -0.25) is 19.8 Å². The van der Waals surface area contributed by atoms with Gasteiger partial charge >= 0.3 is 6.18 Å². The molecule has 2 aromatic carbocycles. The molecule has 1 saturated heterocycles. The third-order valence-electron chi connectivity index (χ3n) is 5.18. The minimum atomic E-state index is -4.66. The normalized spacial score (nSPS) is 15.4. The van der Waals surface area contributed by atoms with Gasteiger partial charge in [-0.05, 0) is 24.3 Å². The van der Waals surface area contributed by atoms with Crippen molar-refractivity contribution in [1.29, 1.82) is 0 Å². The number of rotatable bonds is 4. The predicted octanol–water partition coefficient (Wildman–Crippen LogP) is 2.50. The lowest BCUT2D eigenvalue weighted by molar-refractivity contribution is -0.384. The van der Waals surface area contributed by atoms with Crippen LogP contribution in [-0.2, 0) is 12.8 Å². The molecular weight excluding hydrogens is 417 g/mol. The second-order valence-electron chi connectivity index (χ2n) is 7.12. The Hall–Kier alpha value is -3.54. The lowest BCUT2D eigenvalue weighted by Gasteiger charge is -2.35. The topological polar surface area (TPSA) is 97.4 Å². The second-order valence-corrected chi connectivity index (χ2v) is 7.12. The van der Waals surface area contributed by atoms with Crippen LogP contribution in [-0.4, -0.2) is 51.0 Å². The van der Waals surface area contributed by atoms with E-state index in [1.54, 1.807) is 29.2 Å². The second kappa shape index (κ2) is 7.95. The maximum absolute atomic E-state index is 12.9. The maximum Gasteiger partial charge on any atom is 0.416 e. The van der Waals surface area contributed by atoms with Crippen LogP contribution in [0.2, 0.25) is 0 Å². The zero-order valence-electron chi connectivity index (χ0n) is 16.1. The molecule has 0 amide bonds. The molecule has 4 rings (SSSR count). The number of aromatic nitrogens is 3. The Morgan fingerprint density at radius 1 is 1.06 bits per heavy atom. The molecule has 1 aliphatic rings. The standard InChI is InChI=1S/C19H17F3N6O3/c20-19(21,22)13-5-6-16(17(11-13)28(30)31)26-9-7-25(8-10-26)12-27-18(29)14-3-1-2-4-15(14)23-24-27/h1-6,11H,7-10,12H2. The number of halogens is 3. The van der Waals surface area contributed by atoms with Gasteiger partial charge in [0.1, 0.15) is 11.2 Å². The minimum Gasteiger partial charge on any atom is -0.363 e. The van der Waals surface area contributed by atoms with Crippen molar-refractivity contribution >= 4 is 22.3 Å². The summed E-state index contributed by atoms with van der Waals surface area (Å²) in [5.74, 6) is 0. The number of benzene rings is 2. The van der Waals surface area contributed by atoms with E-state index in [1.165, 1.54) is 4.68 Å². The van der Waals surface area contributed by atoms with Crippen molar-refractivity contribution in [1.82, 2.24) is 19.9 Å². The number of alkyl halides is 3. The molecule has 0 spiro atoms. The van der Waals surface area contributed by atoms with Gasteiger partial charge in [-0.15, -0.1) is 5.10 Å². The highest BCUT2D eigenvalue weighted by molar-refractivity contribution is 5.76. The summed E-state index contributed by atoms with van der Waals surface area (Å²) in [6, 6.07) is 9.42. The molecule has 0 N–H and O–H groups in total. The fraction of sp³-hybridized carbons (Fsp3) is 0.316. The van der Waals surface area contributed by atoms with Gasteiger partial charge in [0.2, 0.25) is 0 Å². The number of fused-ring (bicyclic) bond motifs is 1. The number of piperazine rings is 1. The number of nitro benzene ring substituents is 1. The van der Waals surface area contributed by atoms with Gasteiger partial charge in [0.25, 0.3) is 11.2 Å². The Morgan fingerprint density at radius 2 is 1.77 bits per heavy atom. The van der Waals surface area contributed by atoms with Crippen LogP contribution in [0.1, 0.15) is 5.56 Å². The molecule has 2 heterocycles. The summed E-state index contributed by atoms with van der Waals surface area (Å²) in [6.45, 7) is 1.78. The van der Waals surface area contributed by atoms with Crippen molar-refractivity contribution in [2.45, 2.75) is 12.8 Å². The number of nitro groups is 1. The molecule has 0 radical (unpaired) electrons. The molecule has 0 unspecified atom stereocenters. The van der Waals surface area contributed by atoms with Crippen molar-refractivity contribution in [3.63, 3.8) is 0 Å². The highest BCUT2D eigenvalue weighted by atomic mass is 19.4. The predicted molar refractivity (Wildman–Crippen MR) is 106 cm³/mol. The van der Waals surface area contributed by atoms with Gasteiger partial charge in [-0.25, -0.2) is 0 Å². The van der Waals surface area contributed by atoms with E-state index in [1.807, 2.05) is 4.90 Å². The molecule has 0 aliphatic carbocycles. The summed E-state index contributed by atoms with van der Waals surface area (Å²) in [4.78, 5) is 26.7.